The van der Waals surface area contributed by atoms with E-state index in [4.69, 9.17) is 14.2 Å². The Labute approximate surface area is 158 Å². The molecular weight excluding hydrogens is 350 g/mol. The van der Waals surface area contributed by atoms with Crippen molar-refractivity contribution in [2.45, 2.75) is 6.42 Å². The number of carboxylic acids is 1. The molecule has 2 aromatic carbocycles. The standard InChI is InChI=1S/C20H23NO6/c1-25-11-10-21(15-8-9-17(26-2)18(13-15)27-3)19(22)12-14-6-4-5-7-16(14)20(23)24/h4-9,13H,10-12H2,1-3H3,(H,23,24). The lowest BCUT2D eigenvalue weighted by Gasteiger charge is -2.24. The van der Waals surface area contributed by atoms with Crippen molar-refractivity contribution in [1.29, 1.82) is 0 Å². The van der Waals surface area contributed by atoms with E-state index in [1.54, 1.807) is 48.4 Å². The number of carbonyl (C=O) groups is 2. The van der Waals surface area contributed by atoms with Gasteiger partial charge in [0.1, 0.15) is 0 Å². The van der Waals surface area contributed by atoms with Crippen LogP contribution < -0.4 is 14.4 Å². The van der Waals surface area contributed by atoms with Gasteiger partial charge >= 0.3 is 5.97 Å². The third-order valence-corrected chi connectivity index (χ3v) is 4.09. The first-order valence-electron chi connectivity index (χ1n) is 8.34. The third kappa shape index (κ3) is 4.98. The first-order valence-corrected chi connectivity index (χ1v) is 8.34. The van der Waals surface area contributed by atoms with Gasteiger partial charge in [0.25, 0.3) is 0 Å². The van der Waals surface area contributed by atoms with Gasteiger partial charge in [-0.3, -0.25) is 4.79 Å². The van der Waals surface area contributed by atoms with Crippen LogP contribution >= 0.6 is 0 Å². The Hall–Kier alpha value is -3.06. The Bertz CT molecular complexity index is 805. The molecule has 0 saturated heterocycles. The van der Waals surface area contributed by atoms with Crippen molar-refractivity contribution >= 4 is 17.6 Å². The summed E-state index contributed by atoms with van der Waals surface area (Å²) in [5, 5.41) is 9.33. The molecule has 144 valence electrons. The number of carboxylic acid groups (broad SMARTS) is 1. The van der Waals surface area contributed by atoms with Gasteiger partial charge in [-0.1, -0.05) is 18.2 Å². The van der Waals surface area contributed by atoms with Gasteiger partial charge in [0.05, 0.1) is 32.8 Å². The van der Waals surface area contributed by atoms with Crippen molar-refractivity contribution in [1.82, 2.24) is 0 Å². The molecule has 0 spiro atoms. The molecule has 7 heteroatoms. The van der Waals surface area contributed by atoms with Crippen molar-refractivity contribution in [3.63, 3.8) is 0 Å². The molecule has 27 heavy (non-hydrogen) atoms. The largest absolute Gasteiger partial charge is 0.493 e. The average molecular weight is 373 g/mol. The zero-order valence-electron chi connectivity index (χ0n) is 15.6. The molecule has 0 aliphatic heterocycles. The Balaban J connectivity index is 2.33. The summed E-state index contributed by atoms with van der Waals surface area (Å²) < 4.78 is 15.7. The molecule has 1 N–H and O–H groups in total. The minimum atomic E-state index is -1.06. The quantitative estimate of drug-likeness (QED) is 0.727. The molecule has 0 aromatic heterocycles. The predicted molar refractivity (Wildman–Crippen MR) is 101 cm³/mol. The smallest absolute Gasteiger partial charge is 0.335 e. The minimum Gasteiger partial charge on any atom is -0.493 e. The molecule has 1 amide bonds. The number of hydrogen-bond acceptors (Lipinski definition) is 5. The van der Waals surface area contributed by atoms with Crippen LogP contribution in [0, 0.1) is 0 Å². The molecule has 0 aliphatic carbocycles. The minimum absolute atomic E-state index is 0.0411. The molecule has 0 fully saturated rings. The number of ether oxygens (including phenoxy) is 3. The van der Waals surface area contributed by atoms with Crippen LogP contribution in [0.3, 0.4) is 0 Å². The summed E-state index contributed by atoms with van der Waals surface area (Å²) in [5.74, 6) is -0.256. The number of anilines is 1. The summed E-state index contributed by atoms with van der Waals surface area (Å²) in [6.07, 6.45) is -0.0411. The maximum absolute atomic E-state index is 13.0. The fraction of sp³-hybridized carbons (Fsp3) is 0.300. The molecule has 2 aromatic rings. The lowest BCUT2D eigenvalue weighted by atomic mass is 10.0. The number of hydrogen-bond donors (Lipinski definition) is 1. The SMILES string of the molecule is COCCN(C(=O)Cc1ccccc1C(=O)O)c1ccc(OC)c(OC)c1. The summed E-state index contributed by atoms with van der Waals surface area (Å²) in [6, 6.07) is 11.6. The van der Waals surface area contributed by atoms with Crippen molar-refractivity contribution in [3.8, 4) is 11.5 Å². The zero-order chi connectivity index (χ0) is 19.8. The number of benzene rings is 2. The van der Waals surface area contributed by atoms with Crippen LogP contribution in [0.1, 0.15) is 15.9 Å². The predicted octanol–water partition coefficient (Wildman–Crippen LogP) is 2.62. The summed E-state index contributed by atoms with van der Waals surface area (Å²) in [7, 11) is 4.61. The van der Waals surface area contributed by atoms with E-state index in [1.807, 2.05) is 0 Å². The van der Waals surface area contributed by atoms with Crippen LogP contribution in [0.2, 0.25) is 0 Å². The number of aromatic carboxylic acids is 1. The van der Waals surface area contributed by atoms with Crippen LogP contribution in [-0.2, 0) is 16.0 Å². The first kappa shape index (κ1) is 20.3. The van der Waals surface area contributed by atoms with Crippen molar-refractivity contribution in [2.24, 2.45) is 0 Å². The number of nitrogens with zero attached hydrogens (tertiary/aromatic N) is 1. The van der Waals surface area contributed by atoms with Crippen LogP contribution in [0.5, 0.6) is 11.5 Å². The van der Waals surface area contributed by atoms with Crippen LogP contribution in [0.15, 0.2) is 42.5 Å². The van der Waals surface area contributed by atoms with Gasteiger partial charge in [0.2, 0.25) is 5.91 Å². The van der Waals surface area contributed by atoms with E-state index < -0.39 is 5.97 Å². The molecule has 7 nitrogen and oxygen atoms in total. The van der Waals surface area contributed by atoms with Gasteiger partial charge in [-0.2, -0.15) is 0 Å². The molecule has 0 saturated carbocycles. The van der Waals surface area contributed by atoms with Gasteiger partial charge < -0.3 is 24.2 Å². The Morgan fingerprint density at radius 2 is 1.70 bits per heavy atom. The fourth-order valence-electron chi connectivity index (χ4n) is 2.71. The number of methoxy groups -OCH3 is 3. The van der Waals surface area contributed by atoms with Crippen LogP contribution in [-0.4, -0.2) is 51.5 Å². The Morgan fingerprint density at radius 3 is 2.33 bits per heavy atom. The Morgan fingerprint density at radius 1 is 1.00 bits per heavy atom. The Kier molecular flexibility index (Phi) is 7.19. The number of amides is 1. The topological polar surface area (TPSA) is 85.3 Å². The van der Waals surface area contributed by atoms with Gasteiger partial charge in [0, 0.05) is 25.4 Å². The van der Waals surface area contributed by atoms with Crippen molar-refractivity contribution < 1.29 is 28.9 Å². The highest BCUT2D eigenvalue weighted by molar-refractivity contribution is 5.97. The van der Waals surface area contributed by atoms with E-state index >= 15 is 0 Å². The zero-order valence-corrected chi connectivity index (χ0v) is 15.6. The lowest BCUT2D eigenvalue weighted by Crippen LogP contribution is -2.35. The van der Waals surface area contributed by atoms with Gasteiger partial charge in [-0.05, 0) is 23.8 Å². The molecular formula is C20H23NO6. The van der Waals surface area contributed by atoms with E-state index in [0.29, 0.717) is 35.9 Å². The summed E-state index contributed by atoms with van der Waals surface area (Å²) in [6.45, 7) is 0.653. The van der Waals surface area contributed by atoms with Crippen LogP contribution in [0.25, 0.3) is 0 Å². The second kappa shape index (κ2) is 9.59. The maximum Gasteiger partial charge on any atom is 0.335 e. The summed E-state index contributed by atoms with van der Waals surface area (Å²) in [4.78, 5) is 25.9. The second-order valence-corrected chi connectivity index (χ2v) is 5.72. The van der Waals surface area contributed by atoms with E-state index in [1.165, 1.54) is 20.3 Å². The fourth-order valence-corrected chi connectivity index (χ4v) is 2.71. The van der Waals surface area contributed by atoms with Gasteiger partial charge in [-0.15, -0.1) is 0 Å². The molecule has 0 aliphatic rings. The highest BCUT2D eigenvalue weighted by Gasteiger charge is 2.20. The van der Waals surface area contributed by atoms with E-state index in [2.05, 4.69) is 0 Å². The number of rotatable bonds is 9. The molecule has 0 atom stereocenters. The first-order chi connectivity index (χ1) is 13.0. The molecule has 0 bridgehead atoms. The normalized spacial score (nSPS) is 10.3. The van der Waals surface area contributed by atoms with E-state index in [-0.39, 0.29) is 17.9 Å². The highest BCUT2D eigenvalue weighted by atomic mass is 16.5. The molecule has 0 heterocycles. The van der Waals surface area contributed by atoms with Crippen molar-refractivity contribution in [3.05, 3.63) is 53.6 Å². The lowest BCUT2D eigenvalue weighted by molar-refractivity contribution is -0.118. The third-order valence-electron chi connectivity index (χ3n) is 4.09. The van der Waals surface area contributed by atoms with E-state index in [0.717, 1.165) is 0 Å². The molecule has 0 unspecified atom stereocenters. The average Bonchev–Trinajstić information content (AvgIpc) is 2.68. The summed E-state index contributed by atoms with van der Waals surface area (Å²) in [5.41, 5.74) is 1.19. The monoisotopic (exact) mass is 373 g/mol. The second-order valence-electron chi connectivity index (χ2n) is 5.72. The van der Waals surface area contributed by atoms with Gasteiger partial charge in [0.15, 0.2) is 11.5 Å². The van der Waals surface area contributed by atoms with Crippen molar-refractivity contribution in [2.75, 3.05) is 39.4 Å². The van der Waals surface area contributed by atoms with E-state index in [9.17, 15) is 14.7 Å². The summed E-state index contributed by atoms with van der Waals surface area (Å²) >= 11 is 0. The number of carbonyl (C=O) groups excluding carboxylic acids is 1. The van der Waals surface area contributed by atoms with Crippen LogP contribution in [0.4, 0.5) is 5.69 Å². The van der Waals surface area contributed by atoms with Gasteiger partial charge in [-0.25, -0.2) is 4.79 Å². The maximum atomic E-state index is 13.0. The molecule has 2 rings (SSSR count). The highest BCUT2D eigenvalue weighted by Crippen LogP contribution is 2.31. The molecule has 0 radical (unpaired) electrons.